The number of hydrogen-bond donors (Lipinski definition) is 1. The fraction of sp³-hybridized carbons (Fsp3) is 0.227. The molecule has 1 saturated heterocycles. The van der Waals surface area contributed by atoms with Crippen molar-refractivity contribution < 1.29 is 22.0 Å². The predicted octanol–water partition coefficient (Wildman–Crippen LogP) is 5.36. The van der Waals surface area contributed by atoms with Gasteiger partial charge in [-0.05, 0) is 55.8 Å². The molecule has 1 fully saturated rings. The lowest BCUT2D eigenvalue weighted by molar-refractivity contribution is -0.144. The Balaban J connectivity index is 1.67. The third-order valence-electron chi connectivity index (χ3n) is 5.62. The SMILES string of the molecule is Fc1ccccc1-c1nnc(C2(c3cnn(-c4ccc(Cl)cc4)c3C(F)(F)F)CCCN2)o1. The molecule has 5 rings (SSSR count). The van der Waals surface area contributed by atoms with Crippen LogP contribution in [0.4, 0.5) is 17.6 Å². The van der Waals surface area contributed by atoms with Gasteiger partial charge < -0.3 is 4.42 Å². The molecule has 33 heavy (non-hydrogen) atoms. The van der Waals surface area contributed by atoms with E-state index in [1.807, 2.05) is 0 Å². The molecular weight excluding hydrogens is 462 g/mol. The highest BCUT2D eigenvalue weighted by Crippen LogP contribution is 2.44. The molecule has 1 N–H and O–H groups in total. The topological polar surface area (TPSA) is 68.8 Å². The maximum Gasteiger partial charge on any atom is 0.433 e. The summed E-state index contributed by atoms with van der Waals surface area (Å²) < 4.78 is 63.8. The molecule has 1 atom stereocenters. The van der Waals surface area contributed by atoms with Crippen LogP contribution in [0, 0.1) is 5.82 Å². The Morgan fingerprint density at radius 1 is 1.06 bits per heavy atom. The normalized spacial score (nSPS) is 18.7. The summed E-state index contributed by atoms with van der Waals surface area (Å²) in [4.78, 5) is 0. The molecule has 11 heteroatoms. The number of nitrogens with one attached hydrogen (secondary N) is 1. The first-order valence-electron chi connectivity index (χ1n) is 10.1. The fourth-order valence-electron chi connectivity index (χ4n) is 4.12. The smallest absolute Gasteiger partial charge is 0.418 e. The summed E-state index contributed by atoms with van der Waals surface area (Å²) in [5.41, 5.74) is -2.27. The number of halogens is 5. The minimum Gasteiger partial charge on any atom is -0.418 e. The number of rotatable bonds is 4. The van der Waals surface area contributed by atoms with E-state index in [-0.39, 0.29) is 35.0 Å². The monoisotopic (exact) mass is 477 g/mol. The van der Waals surface area contributed by atoms with Gasteiger partial charge in [0.1, 0.15) is 11.4 Å². The van der Waals surface area contributed by atoms with Crippen LogP contribution < -0.4 is 5.32 Å². The van der Waals surface area contributed by atoms with Crippen molar-refractivity contribution in [1.82, 2.24) is 25.3 Å². The van der Waals surface area contributed by atoms with Gasteiger partial charge in [-0.25, -0.2) is 9.07 Å². The average molecular weight is 478 g/mol. The van der Waals surface area contributed by atoms with Crippen molar-refractivity contribution in [2.24, 2.45) is 0 Å². The first-order valence-corrected chi connectivity index (χ1v) is 10.4. The number of hydrogen-bond acceptors (Lipinski definition) is 5. The first kappa shape index (κ1) is 21.6. The van der Waals surface area contributed by atoms with Gasteiger partial charge in [0, 0.05) is 10.6 Å². The second-order valence-electron chi connectivity index (χ2n) is 7.62. The number of alkyl halides is 3. The van der Waals surface area contributed by atoms with E-state index in [2.05, 4.69) is 20.6 Å². The van der Waals surface area contributed by atoms with Gasteiger partial charge in [0.2, 0.25) is 5.89 Å². The molecule has 2 aromatic heterocycles. The van der Waals surface area contributed by atoms with Gasteiger partial charge in [-0.2, -0.15) is 18.3 Å². The van der Waals surface area contributed by atoms with Crippen molar-refractivity contribution in [3.63, 3.8) is 0 Å². The van der Waals surface area contributed by atoms with E-state index >= 15 is 0 Å². The molecule has 0 saturated carbocycles. The van der Waals surface area contributed by atoms with E-state index in [0.717, 1.165) is 10.9 Å². The average Bonchev–Trinajstić information content (AvgIpc) is 3.53. The van der Waals surface area contributed by atoms with E-state index in [0.29, 0.717) is 18.0 Å². The molecule has 0 spiro atoms. The molecule has 0 bridgehead atoms. The van der Waals surface area contributed by atoms with Crippen molar-refractivity contribution in [2.45, 2.75) is 24.6 Å². The van der Waals surface area contributed by atoms with Crippen LogP contribution in [-0.2, 0) is 11.7 Å². The third-order valence-corrected chi connectivity index (χ3v) is 5.87. The Bertz CT molecular complexity index is 1290. The van der Waals surface area contributed by atoms with E-state index in [1.165, 1.54) is 42.5 Å². The largest absolute Gasteiger partial charge is 0.433 e. The lowest BCUT2D eigenvalue weighted by Gasteiger charge is -2.26. The molecule has 4 aromatic rings. The Kier molecular flexibility index (Phi) is 5.21. The Hall–Kier alpha value is -3.24. The quantitative estimate of drug-likeness (QED) is 0.401. The number of aromatic nitrogens is 4. The van der Waals surface area contributed by atoms with Crippen LogP contribution >= 0.6 is 11.6 Å². The van der Waals surface area contributed by atoms with Gasteiger partial charge in [-0.1, -0.05) is 23.7 Å². The Morgan fingerprint density at radius 2 is 1.82 bits per heavy atom. The summed E-state index contributed by atoms with van der Waals surface area (Å²) >= 11 is 5.89. The summed E-state index contributed by atoms with van der Waals surface area (Å²) in [5.74, 6) is -0.776. The van der Waals surface area contributed by atoms with Gasteiger partial charge >= 0.3 is 6.18 Å². The summed E-state index contributed by atoms with van der Waals surface area (Å²) in [6, 6.07) is 11.7. The molecular formula is C22H16ClF4N5O. The van der Waals surface area contributed by atoms with E-state index in [4.69, 9.17) is 16.0 Å². The van der Waals surface area contributed by atoms with Crippen LogP contribution in [-0.4, -0.2) is 26.5 Å². The summed E-state index contributed by atoms with van der Waals surface area (Å²) in [7, 11) is 0. The highest BCUT2D eigenvalue weighted by atomic mass is 35.5. The molecule has 1 unspecified atom stereocenters. The zero-order valence-corrected chi connectivity index (χ0v) is 17.7. The maximum atomic E-state index is 14.3. The standard InChI is InChI=1S/C22H16ClF4N5O/c23-13-6-8-14(9-7-13)32-18(22(25,26)27)16(12-29-32)21(10-3-11-28-21)20-31-30-19(33-20)15-4-1-2-5-17(15)24/h1-2,4-9,12,28H,3,10-11H2. The van der Waals surface area contributed by atoms with Crippen LogP contribution in [0.1, 0.15) is 30.0 Å². The van der Waals surface area contributed by atoms with Crippen LogP contribution in [0.25, 0.3) is 17.1 Å². The first-order chi connectivity index (χ1) is 15.8. The van der Waals surface area contributed by atoms with Gasteiger partial charge in [0.05, 0.1) is 17.4 Å². The van der Waals surface area contributed by atoms with Crippen molar-refractivity contribution in [3.8, 4) is 17.1 Å². The predicted molar refractivity (Wildman–Crippen MR) is 111 cm³/mol. The zero-order chi connectivity index (χ0) is 23.2. The van der Waals surface area contributed by atoms with Crippen LogP contribution in [0.3, 0.4) is 0 Å². The van der Waals surface area contributed by atoms with E-state index in [1.54, 1.807) is 6.07 Å². The van der Waals surface area contributed by atoms with Gasteiger partial charge in [0.15, 0.2) is 5.69 Å². The number of nitrogens with zero attached hydrogens (tertiary/aromatic N) is 4. The zero-order valence-electron chi connectivity index (χ0n) is 16.9. The van der Waals surface area contributed by atoms with E-state index in [9.17, 15) is 17.6 Å². The van der Waals surface area contributed by atoms with Crippen molar-refractivity contribution in [3.05, 3.63) is 82.7 Å². The van der Waals surface area contributed by atoms with Gasteiger partial charge in [-0.3, -0.25) is 5.32 Å². The fourth-order valence-corrected chi connectivity index (χ4v) is 4.25. The second kappa shape index (κ2) is 7.96. The lowest BCUT2D eigenvalue weighted by Crippen LogP contribution is -2.40. The molecule has 6 nitrogen and oxygen atoms in total. The van der Waals surface area contributed by atoms with Crippen molar-refractivity contribution >= 4 is 11.6 Å². The third kappa shape index (κ3) is 3.68. The molecule has 0 amide bonds. The Labute approximate surface area is 190 Å². The molecule has 170 valence electrons. The highest BCUT2D eigenvalue weighted by Gasteiger charge is 2.50. The highest BCUT2D eigenvalue weighted by molar-refractivity contribution is 6.30. The van der Waals surface area contributed by atoms with E-state index < -0.39 is 23.2 Å². The van der Waals surface area contributed by atoms with Crippen LogP contribution in [0.2, 0.25) is 5.02 Å². The molecule has 0 aliphatic carbocycles. The molecule has 0 radical (unpaired) electrons. The van der Waals surface area contributed by atoms with Crippen LogP contribution in [0.15, 0.2) is 59.1 Å². The van der Waals surface area contributed by atoms with Gasteiger partial charge in [0.25, 0.3) is 5.89 Å². The summed E-state index contributed by atoms with van der Waals surface area (Å²) in [6.07, 6.45) is -2.75. The molecule has 1 aliphatic rings. The number of benzene rings is 2. The Morgan fingerprint density at radius 3 is 2.48 bits per heavy atom. The summed E-state index contributed by atoms with van der Waals surface area (Å²) in [6.45, 7) is 0.431. The van der Waals surface area contributed by atoms with Gasteiger partial charge in [-0.15, -0.1) is 10.2 Å². The molecule has 2 aromatic carbocycles. The minimum atomic E-state index is -4.74. The molecule has 3 heterocycles. The second-order valence-corrected chi connectivity index (χ2v) is 8.06. The summed E-state index contributed by atoms with van der Waals surface area (Å²) in [5, 5.41) is 15.5. The van der Waals surface area contributed by atoms with Crippen molar-refractivity contribution in [1.29, 1.82) is 0 Å². The maximum absolute atomic E-state index is 14.3. The lowest BCUT2D eigenvalue weighted by atomic mass is 9.88. The van der Waals surface area contributed by atoms with Crippen molar-refractivity contribution in [2.75, 3.05) is 6.54 Å². The van der Waals surface area contributed by atoms with Crippen LogP contribution in [0.5, 0.6) is 0 Å². The molecule has 1 aliphatic heterocycles. The minimum absolute atomic E-state index is 0.0669.